The highest BCUT2D eigenvalue weighted by Crippen LogP contribution is 2.26. The summed E-state index contributed by atoms with van der Waals surface area (Å²) in [6.07, 6.45) is 8.29. The van der Waals surface area contributed by atoms with Crippen LogP contribution in [0.2, 0.25) is 0 Å². The zero-order valence-electron chi connectivity index (χ0n) is 20.4. The Morgan fingerprint density at radius 2 is 1.75 bits per heavy atom. The molecular formula is C26H43N3O3. The van der Waals surface area contributed by atoms with Crippen molar-refractivity contribution in [3.8, 4) is 0 Å². The van der Waals surface area contributed by atoms with Gasteiger partial charge < -0.3 is 15.3 Å². The number of nitrogens with zero attached hydrogens (tertiary/aromatic N) is 2. The lowest BCUT2D eigenvalue weighted by molar-refractivity contribution is -0.116. The fourth-order valence-corrected chi connectivity index (χ4v) is 4.41. The van der Waals surface area contributed by atoms with Crippen molar-refractivity contribution < 1.29 is 14.7 Å². The SMILES string of the molecule is CC(=O)N1CCCCCCCN(CC(C)C)Cc2cc(C(=O)NCCCCCO)ccc21. The van der Waals surface area contributed by atoms with Crippen molar-refractivity contribution in [3.63, 3.8) is 0 Å². The maximum absolute atomic E-state index is 12.8. The lowest BCUT2D eigenvalue weighted by Gasteiger charge is -2.30. The van der Waals surface area contributed by atoms with Crippen molar-refractivity contribution in [2.24, 2.45) is 5.92 Å². The molecule has 1 aliphatic rings. The molecule has 0 spiro atoms. The van der Waals surface area contributed by atoms with Gasteiger partial charge in [-0.3, -0.25) is 14.5 Å². The summed E-state index contributed by atoms with van der Waals surface area (Å²) in [6, 6.07) is 5.78. The van der Waals surface area contributed by atoms with E-state index in [0.29, 0.717) is 18.0 Å². The van der Waals surface area contributed by atoms with Gasteiger partial charge in [-0.15, -0.1) is 0 Å². The van der Waals surface area contributed by atoms with Crippen molar-refractivity contribution in [1.29, 1.82) is 0 Å². The van der Waals surface area contributed by atoms with Gasteiger partial charge in [0.2, 0.25) is 5.91 Å². The Morgan fingerprint density at radius 1 is 1.03 bits per heavy atom. The van der Waals surface area contributed by atoms with Crippen LogP contribution in [0.5, 0.6) is 0 Å². The molecule has 1 heterocycles. The van der Waals surface area contributed by atoms with Gasteiger partial charge in [0.05, 0.1) is 0 Å². The molecule has 6 heteroatoms. The van der Waals surface area contributed by atoms with Gasteiger partial charge in [-0.25, -0.2) is 0 Å². The molecule has 0 aromatic heterocycles. The number of carbonyl (C=O) groups excluding carboxylic acids is 2. The molecule has 32 heavy (non-hydrogen) atoms. The molecule has 0 radical (unpaired) electrons. The highest BCUT2D eigenvalue weighted by molar-refractivity contribution is 5.97. The van der Waals surface area contributed by atoms with E-state index in [9.17, 15) is 9.59 Å². The Kier molecular flexibility index (Phi) is 11.7. The first-order chi connectivity index (χ1) is 15.4. The van der Waals surface area contributed by atoms with Gasteiger partial charge >= 0.3 is 0 Å². The van der Waals surface area contributed by atoms with E-state index >= 15 is 0 Å². The number of amides is 2. The topological polar surface area (TPSA) is 72.9 Å². The van der Waals surface area contributed by atoms with Gasteiger partial charge in [-0.1, -0.05) is 33.1 Å². The van der Waals surface area contributed by atoms with Crippen LogP contribution in [0.3, 0.4) is 0 Å². The van der Waals surface area contributed by atoms with E-state index in [-0.39, 0.29) is 18.4 Å². The minimum Gasteiger partial charge on any atom is -0.396 e. The van der Waals surface area contributed by atoms with Gasteiger partial charge in [0.15, 0.2) is 0 Å². The number of carbonyl (C=O) groups is 2. The summed E-state index contributed by atoms with van der Waals surface area (Å²) in [5.74, 6) is 0.535. The number of hydrogen-bond donors (Lipinski definition) is 2. The van der Waals surface area contributed by atoms with E-state index in [1.807, 2.05) is 23.1 Å². The normalized spacial score (nSPS) is 16.2. The van der Waals surface area contributed by atoms with E-state index < -0.39 is 0 Å². The largest absolute Gasteiger partial charge is 0.396 e. The molecule has 0 saturated carbocycles. The molecule has 0 unspecified atom stereocenters. The highest BCUT2D eigenvalue weighted by Gasteiger charge is 2.20. The number of rotatable bonds is 8. The number of fused-ring (bicyclic) bond motifs is 1. The van der Waals surface area contributed by atoms with Gasteiger partial charge in [0.1, 0.15) is 0 Å². The number of benzene rings is 1. The summed E-state index contributed by atoms with van der Waals surface area (Å²) in [5.41, 5.74) is 2.63. The number of aliphatic hydroxyl groups is 1. The second-order valence-electron chi connectivity index (χ2n) is 9.45. The van der Waals surface area contributed by atoms with E-state index in [1.54, 1.807) is 6.92 Å². The van der Waals surface area contributed by atoms with Crippen LogP contribution in [0.15, 0.2) is 18.2 Å². The van der Waals surface area contributed by atoms with Crippen LogP contribution in [0.25, 0.3) is 0 Å². The van der Waals surface area contributed by atoms with Crippen molar-refractivity contribution in [2.45, 2.75) is 78.7 Å². The predicted octanol–water partition coefficient (Wildman–Crippen LogP) is 4.35. The Balaban J connectivity index is 2.28. The maximum Gasteiger partial charge on any atom is 0.251 e. The maximum atomic E-state index is 12.8. The van der Waals surface area contributed by atoms with Crippen LogP contribution >= 0.6 is 0 Å². The lowest BCUT2D eigenvalue weighted by Crippen LogP contribution is -2.34. The zero-order valence-corrected chi connectivity index (χ0v) is 20.4. The molecule has 1 aromatic carbocycles. The molecule has 0 atom stereocenters. The van der Waals surface area contributed by atoms with E-state index in [0.717, 1.165) is 69.5 Å². The van der Waals surface area contributed by atoms with Crippen molar-refractivity contribution in [2.75, 3.05) is 37.7 Å². The van der Waals surface area contributed by atoms with Crippen LogP contribution in [-0.4, -0.2) is 54.6 Å². The van der Waals surface area contributed by atoms with Crippen LogP contribution in [0.1, 0.15) is 88.1 Å². The number of hydrogen-bond acceptors (Lipinski definition) is 4. The van der Waals surface area contributed by atoms with Crippen molar-refractivity contribution >= 4 is 17.5 Å². The number of unbranched alkanes of at least 4 members (excludes halogenated alkanes) is 2. The van der Waals surface area contributed by atoms with E-state index in [4.69, 9.17) is 5.11 Å². The molecule has 1 aliphatic heterocycles. The van der Waals surface area contributed by atoms with Crippen LogP contribution in [0.4, 0.5) is 5.69 Å². The summed E-state index contributed by atoms with van der Waals surface area (Å²) in [5, 5.41) is 11.9. The van der Waals surface area contributed by atoms with Gasteiger partial charge in [0.25, 0.3) is 5.91 Å². The summed E-state index contributed by atoms with van der Waals surface area (Å²) in [7, 11) is 0. The second kappa shape index (κ2) is 14.3. The molecule has 0 saturated heterocycles. The van der Waals surface area contributed by atoms with Crippen molar-refractivity contribution in [3.05, 3.63) is 29.3 Å². The number of nitrogens with one attached hydrogen (secondary N) is 1. The van der Waals surface area contributed by atoms with Gasteiger partial charge in [-0.05, 0) is 68.3 Å². The molecule has 2 N–H and O–H groups in total. The molecule has 2 amide bonds. The third-order valence-corrected chi connectivity index (χ3v) is 6.01. The molecule has 0 bridgehead atoms. The minimum absolute atomic E-state index is 0.0554. The first-order valence-electron chi connectivity index (χ1n) is 12.4. The van der Waals surface area contributed by atoms with E-state index in [2.05, 4.69) is 24.1 Å². The van der Waals surface area contributed by atoms with E-state index in [1.165, 1.54) is 19.3 Å². The highest BCUT2D eigenvalue weighted by atomic mass is 16.3. The fourth-order valence-electron chi connectivity index (χ4n) is 4.41. The second-order valence-corrected chi connectivity index (χ2v) is 9.45. The van der Waals surface area contributed by atoms with Crippen LogP contribution in [-0.2, 0) is 11.3 Å². The minimum atomic E-state index is -0.0762. The van der Waals surface area contributed by atoms with Crippen molar-refractivity contribution in [1.82, 2.24) is 10.2 Å². The monoisotopic (exact) mass is 445 g/mol. The first-order valence-corrected chi connectivity index (χ1v) is 12.4. The number of aliphatic hydroxyl groups excluding tert-OH is 1. The van der Waals surface area contributed by atoms with Crippen LogP contribution < -0.4 is 10.2 Å². The van der Waals surface area contributed by atoms with Gasteiger partial charge in [0, 0.05) is 51.0 Å². The average Bonchev–Trinajstić information content (AvgIpc) is 2.74. The first kappa shape index (κ1) is 26.3. The summed E-state index contributed by atoms with van der Waals surface area (Å²) >= 11 is 0. The lowest BCUT2D eigenvalue weighted by atomic mass is 10.0. The molecule has 1 aromatic rings. The Morgan fingerprint density at radius 3 is 2.44 bits per heavy atom. The molecule has 2 rings (SSSR count). The summed E-state index contributed by atoms with van der Waals surface area (Å²) in [4.78, 5) is 29.6. The summed E-state index contributed by atoms with van der Waals surface area (Å²) in [6.45, 7) is 10.4. The standard InChI is InChI=1S/C26H43N3O3/c1-21(2)19-28-15-9-5-4-6-10-16-29(22(3)31)25-13-12-23(18-24(25)20-28)26(32)27-14-8-7-11-17-30/h12-13,18,21,30H,4-11,14-17,19-20H2,1-3H3,(H,27,32). The Hall–Kier alpha value is -1.92. The third-order valence-electron chi connectivity index (χ3n) is 6.01. The molecule has 0 fully saturated rings. The summed E-state index contributed by atoms with van der Waals surface area (Å²) < 4.78 is 0. The smallest absolute Gasteiger partial charge is 0.251 e. The van der Waals surface area contributed by atoms with Gasteiger partial charge in [-0.2, -0.15) is 0 Å². The molecule has 0 aliphatic carbocycles. The average molecular weight is 446 g/mol. The molecule has 180 valence electrons. The Bertz CT molecular complexity index is 720. The third kappa shape index (κ3) is 8.91. The quantitative estimate of drug-likeness (QED) is 0.584. The molecular weight excluding hydrogens is 402 g/mol. The number of anilines is 1. The predicted molar refractivity (Wildman–Crippen MR) is 131 cm³/mol. The Labute approximate surface area is 194 Å². The molecule has 6 nitrogen and oxygen atoms in total. The fraction of sp³-hybridized carbons (Fsp3) is 0.692. The van der Waals surface area contributed by atoms with Crippen LogP contribution in [0, 0.1) is 5.92 Å². The zero-order chi connectivity index (χ0) is 23.3.